The van der Waals surface area contributed by atoms with E-state index >= 15 is 0 Å². The molecule has 0 amide bonds. The zero-order chi connectivity index (χ0) is 13.2. The van der Waals surface area contributed by atoms with Crippen LogP contribution in [-0.2, 0) is 11.3 Å². The fraction of sp³-hybridized carbons (Fsp3) is 0.571. The molecule has 0 aliphatic heterocycles. The number of rotatable bonds is 9. The Bertz CT molecular complexity index is 331. The van der Waals surface area contributed by atoms with Crippen LogP contribution < -0.4 is 10.1 Å². The van der Waals surface area contributed by atoms with Crippen molar-refractivity contribution >= 4 is 0 Å². The number of benzene rings is 1. The lowest BCUT2D eigenvalue weighted by atomic mass is 10.2. The third-order valence-electron chi connectivity index (χ3n) is 2.55. The van der Waals surface area contributed by atoms with Gasteiger partial charge in [-0.05, 0) is 24.1 Å². The number of aliphatic hydroxyl groups excluding tert-OH is 1. The predicted molar refractivity (Wildman–Crippen MR) is 71.8 cm³/mol. The third kappa shape index (κ3) is 5.49. The molecule has 18 heavy (non-hydrogen) atoms. The fourth-order valence-corrected chi connectivity index (χ4v) is 1.60. The smallest absolute Gasteiger partial charge is 0.119 e. The Morgan fingerprint density at radius 2 is 2.22 bits per heavy atom. The molecule has 1 unspecified atom stereocenters. The van der Waals surface area contributed by atoms with Gasteiger partial charge in [0.15, 0.2) is 0 Å². The Labute approximate surface area is 109 Å². The zero-order valence-electron chi connectivity index (χ0n) is 11.2. The minimum Gasteiger partial charge on any atom is -0.494 e. The van der Waals surface area contributed by atoms with E-state index in [2.05, 4.69) is 12.2 Å². The Hall–Kier alpha value is -1.10. The maximum absolute atomic E-state index is 9.14. The van der Waals surface area contributed by atoms with E-state index in [1.54, 1.807) is 7.11 Å². The monoisotopic (exact) mass is 253 g/mol. The highest BCUT2D eigenvalue weighted by molar-refractivity contribution is 5.28. The van der Waals surface area contributed by atoms with Crippen LogP contribution in [0, 0.1) is 0 Å². The summed E-state index contributed by atoms with van der Waals surface area (Å²) in [5.41, 5.74) is 1.14. The van der Waals surface area contributed by atoms with Crippen molar-refractivity contribution in [3.63, 3.8) is 0 Å². The lowest BCUT2D eigenvalue weighted by Crippen LogP contribution is -2.35. The normalized spacial score (nSPS) is 12.4. The summed E-state index contributed by atoms with van der Waals surface area (Å²) in [5.74, 6) is 0.892. The van der Waals surface area contributed by atoms with Crippen LogP contribution in [0.5, 0.6) is 5.75 Å². The second-order valence-corrected chi connectivity index (χ2v) is 4.21. The molecule has 1 aromatic rings. The lowest BCUT2D eigenvalue weighted by molar-refractivity contribution is 0.128. The fourth-order valence-electron chi connectivity index (χ4n) is 1.60. The first-order chi connectivity index (χ1) is 8.80. The number of aliphatic hydroxyl groups is 1. The maximum Gasteiger partial charge on any atom is 0.119 e. The summed E-state index contributed by atoms with van der Waals surface area (Å²) in [6.07, 6.45) is 1.00. The van der Waals surface area contributed by atoms with Crippen molar-refractivity contribution in [1.82, 2.24) is 5.32 Å². The molecule has 0 saturated carbocycles. The van der Waals surface area contributed by atoms with Crippen LogP contribution in [0.15, 0.2) is 24.3 Å². The van der Waals surface area contributed by atoms with Crippen molar-refractivity contribution < 1.29 is 14.6 Å². The van der Waals surface area contributed by atoms with Crippen molar-refractivity contribution in [2.24, 2.45) is 0 Å². The Kier molecular flexibility index (Phi) is 7.41. The summed E-state index contributed by atoms with van der Waals surface area (Å²) in [4.78, 5) is 0. The Morgan fingerprint density at radius 1 is 1.39 bits per heavy atom. The molecule has 0 radical (unpaired) electrons. The number of nitrogens with one attached hydrogen (secondary N) is 1. The minimum absolute atomic E-state index is 0.0322. The van der Waals surface area contributed by atoms with Crippen molar-refractivity contribution in [3.05, 3.63) is 29.8 Å². The molecule has 4 nitrogen and oxygen atoms in total. The molecule has 2 N–H and O–H groups in total. The number of hydrogen-bond donors (Lipinski definition) is 2. The van der Waals surface area contributed by atoms with Gasteiger partial charge in [-0.1, -0.05) is 19.1 Å². The summed E-state index contributed by atoms with van der Waals surface area (Å²) in [5, 5.41) is 12.4. The standard InChI is InChI=1S/C14H23NO3/c1-3-7-18-14-6-4-5-12(8-14)9-15-13(10-16)11-17-2/h4-6,8,13,15-16H,3,7,9-11H2,1-2H3. The van der Waals surface area contributed by atoms with E-state index in [1.165, 1.54) is 0 Å². The van der Waals surface area contributed by atoms with Crippen molar-refractivity contribution in [1.29, 1.82) is 0 Å². The summed E-state index contributed by atoms with van der Waals surface area (Å²) in [7, 11) is 1.63. The van der Waals surface area contributed by atoms with Crippen LogP contribution in [0.25, 0.3) is 0 Å². The molecule has 1 atom stereocenters. The van der Waals surface area contributed by atoms with E-state index in [0.717, 1.165) is 24.3 Å². The van der Waals surface area contributed by atoms with Gasteiger partial charge in [0.25, 0.3) is 0 Å². The molecule has 0 saturated heterocycles. The van der Waals surface area contributed by atoms with Gasteiger partial charge in [0.1, 0.15) is 5.75 Å². The highest BCUT2D eigenvalue weighted by Gasteiger charge is 2.06. The molecule has 4 heteroatoms. The van der Waals surface area contributed by atoms with Crippen LogP contribution in [-0.4, -0.2) is 38.1 Å². The van der Waals surface area contributed by atoms with Crippen LogP contribution in [0.3, 0.4) is 0 Å². The number of hydrogen-bond acceptors (Lipinski definition) is 4. The summed E-state index contributed by atoms with van der Waals surface area (Å²) in [6, 6.07) is 7.95. The third-order valence-corrected chi connectivity index (χ3v) is 2.55. The average molecular weight is 253 g/mol. The van der Waals surface area contributed by atoms with E-state index in [4.69, 9.17) is 14.6 Å². The molecule has 1 rings (SSSR count). The van der Waals surface area contributed by atoms with Crippen molar-refractivity contribution in [3.8, 4) is 5.75 Å². The van der Waals surface area contributed by atoms with Gasteiger partial charge >= 0.3 is 0 Å². The summed E-state index contributed by atoms with van der Waals surface area (Å²) < 4.78 is 10.6. The maximum atomic E-state index is 9.14. The van der Waals surface area contributed by atoms with E-state index in [-0.39, 0.29) is 12.6 Å². The quantitative estimate of drug-likeness (QED) is 0.701. The second-order valence-electron chi connectivity index (χ2n) is 4.21. The first kappa shape index (κ1) is 15.0. The van der Waals surface area contributed by atoms with Crippen molar-refractivity contribution in [2.45, 2.75) is 25.9 Å². The highest BCUT2D eigenvalue weighted by Crippen LogP contribution is 2.13. The molecule has 0 fully saturated rings. The zero-order valence-corrected chi connectivity index (χ0v) is 11.2. The molecular formula is C14H23NO3. The summed E-state index contributed by atoms with van der Waals surface area (Å²) in [6.45, 7) is 4.09. The van der Waals surface area contributed by atoms with Crippen LogP contribution in [0.4, 0.5) is 0 Å². The van der Waals surface area contributed by atoms with Crippen LogP contribution >= 0.6 is 0 Å². The average Bonchev–Trinajstić information content (AvgIpc) is 2.41. The molecule has 0 bridgehead atoms. The molecule has 0 aromatic heterocycles. The molecule has 102 valence electrons. The Balaban J connectivity index is 2.45. The Morgan fingerprint density at radius 3 is 2.89 bits per heavy atom. The van der Waals surface area contributed by atoms with E-state index < -0.39 is 0 Å². The number of methoxy groups -OCH3 is 1. The largest absolute Gasteiger partial charge is 0.494 e. The molecule has 1 aromatic carbocycles. The van der Waals surface area contributed by atoms with Gasteiger partial charge in [0.2, 0.25) is 0 Å². The van der Waals surface area contributed by atoms with Gasteiger partial charge in [-0.2, -0.15) is 0 Å². The first-order valence-electron chi connectivity index (χ1n) is 6.35. The van der Waals surface area contributed by atoms with E-state index in [1.807, 2.05) is 24.3 Å². The SMILES string of the molecule is CCCOc1cccc(CNC(CO)COC)c1. The van der Waals surface area contributed by atoms with Gasteiger partial charge in [-0.15, -0.1) is 0 Å². The van der Waals surface area contributed by atoms with Gasteiger partial charge in [-0.3, -0.25) is 0 Å². The molecule has 0 aliphatic rings. The van der Waals surface area contributed by atoms with Crippen molar-refractivity contribution in [2.75, 3.05) is 26.9 Å². The van der Waals surface area contributed by atoms with Crippen LogP contribution in [0.2, 0.25) is 0 Å². The molecule has 0 heterocycles. The van der Waals surface area contributed by atoms with E-state index in [0.29, 0.717) is 13.2 Å². The van der Waals surface area contributed by atoms with Gasteiger partial charge in [-0.25, -0.2) is 0 Å². The topological polar surface area (TPSA) is 50.7 Å². The molecule has 0 aliphatic carbocycles. The van der Waals surface area contributed by atoms with Gasteiger partial charge in [0.05, 0.1) is 25.9 Å². The highest BCUT2D eigenvalue weighted by atomic mass is 16.5. The van der Waals surface area contributed by atoms with Gasteiger partial charge in [0, 0.05) is 13.7 Å². The number of ether oxygens (including phenoxy) is 2. The van der Waals surface area contributed by atoms with Gasteiger partial charge < -0.3 is 19.9 Å². The molecular weight excluding hydrogens is 230 g/mol. The lowest BCUT2D eigenvalue weighted by Gasteiger charge is -2.15. The summed E-state index contributed by atoms with van der Waals surface area (Å²) >= 11 is 0. The predicted octanol–water partition coefficient (Wildman–Crippen LogP) is 1.57. The second kappa shape index (κ2) is 8.91. The first-order valence-corrected chi connectivity index (χ1v) is 6.35. The molecule has 0 spiro atoms. The minimum atomic E-state index is -0.0322. The van der Waals surface area contributed by atoms with E-state index in [9.17, 15) is 0 Å². The van der Waals surface area contributed by atoms with Crippen LogP contribution in [0.1, 0.15) is 18.9 Å².